The van der Waals surface area contributed by atoms with Crippen molar-refractivity contribution < 1.29 is 72.1 Å². The minimum Gasteiger partial charge on any atom is -0.391 e. The van der Waals surface area contributed by atoms with Gasteiger partial charge in [-0.1, -0.05) is 165 Å². The van der Waals surface area contributed by atoms with Crippen molar-refractivity contribution in [2.45, 2.75) is 280 Å². The van der Waals surface area contributed by atoms with Crippen molar-refractivity contribution in [1.82, 2.24) is 68.4 Å². The molecule has 11 amide bonds. The van der Waals surface area contributed by atoms with Crippen molar-refractivity contribution in [3.8, 4) is 0 Å². The highest BCUT2D eigenvalue weighted by atomic mass is 16.5. The predicted octanol–water partition coefficient (Wildman–Crippen LogP) is 3.42. The van der Waals surface area contributed by atoms with E-state index in [9.17, 15) is 57.8 Å². The predicted molar refractivity (Wildman–Crippen MR) is 435 cm³/mol. The van der Waals surface area contributed by atoms with E-state index in [1.807, 2.05) is 31.2 Å². The van der Waals surface area contributed by atoms with E-state index in [4.69, 9.17) is 32.1 Å². The van der Waals surface area contributed by atoms with Gasteiger partial charge in [0.05, 0.1) is 32.5 Å². The summed E-state index contributed by atoms with van der Waals surface area (Å²) in [5.41, 5.74) is 19.4. The first-order valence-corrected chi connectivity index (χ1v) is 41.8. The van der Waals surface area contributed by atoms with Gasteiger partial charge in [-0.05, 0) is 101 Å². The molecule has 32 nitrogen and oxygen atoms in total. The zero-order valence-corrected chi connectivity index (χ0v) is 67.4. The second-order valence-corrected chi connectivity index (χ2v) is 29.9. The van der Waals surface area contributed by atoms with Crippen LogP contribution in [0.4, 0.5) is 0 Å². The number of aromatic nitrogens is 1. The number of rotatable bonds is 48. The molecule has 2 aromatic carbocycles. The Kier molecular flexibility index (Phi) is 47.1. The van der Waals surface area contributed by atoms with E-state index < -0.39 is 120 Å². The van der Waals surface area contributed by atoms with Crippen molar-refractivity contribution in [2.75, 3.05) is 72.2 Å². The topological polar surface area (TPSA) is 497 Å². The lowest BCUT2D eigenvalue weighted by Crippen LogP contribution is -2.61. The van der Waals surface area contributed by atoms with E-state index in [1.165, 1.54) is 77.0 Å². The average Bonchev–Trinajstić information content (AvgIpc) is 1.65. The van der Waals surface area contributed by atoms with Crippen LogP contribution in [0.3, 0.4) is 0 Å². The molecule has 0 spiro atoms. The molecule has 0 aliphatic carbocycles. The van der Waals surface area contributed by atoms with E-state index >= 15 is 4.79 Å². The number of aliphatic hydroxyl groups excluding tert-OH is 1. The number of aromatic amines is 1. The van der Waals surface area contributed by atoms with E-state index in [0.717, 1.165) is 35.1 Å². The summed E-state index contributed by atoms with van der Waals surface area (Å²) in [7, 11) is 0. The second kappa shape index (κ2) is 56.2. The maximum atomic E-state index is 15.2. The molecule has 2 saturated heterocycles. The highest BCUT2D eigenvalue weighted by Gasteiger charge is 2.45. The monoisotopic (exact) mass is 1600 g/mol. The van der Waals surface area contributed by atoms with Crippen molar-refractivity contribution in [3.05, 3.63) is 71.9 Å². The number of primary amides is 1. The Morgan fingerprint density at radius 2 is 1.14 bits per heavy atom. The number of carbonyl (C=O) groups excluding carboxylic acids is 12. The number of nitrogens with two attached hydrogens (primary N) is 3. The number of nitrogens with zero attached hydrogens (tertiary/aromatic N) is 1. The number of ether oxygens (including phenoxy) is 2. The van der Waals surface area contributed by atoms with Crippen molar-refractivity contribution in [3.63, 3.8) is 0 Å². The Hall–Kier alpha value is -9.11. The highest BCUT2D eigenvalue weighted by molar-refractivity contribution is 6.10. The van der Waals surface area contributed by atoms with Crippen molar-refractivity contribution in [2.24, 2.45) is 17.2 Å². The Morgan fingerprint density at radius 1 is 0.579 bits per heavy atom. The minimum atomic E-state index is -1.98. The summed E-state index contributed by atoms with van der Waals surface area (Å²) >= 11 is 0. The molecule has 0 radical (unpaired) electrons. The molecule has 114 heavy (non-hydrogen) atoms. The fraction of sp³-hybridized carbons (Fsp3) is 0.671. The number of Topliss-reactive ketones (excluding diaryl/α,β-unsaturated/α-hetero) is 1. The summed E-state index contributed by atoms with van der Waals surface area (Å²) in [6.07, 6.45) is 21.0. The first kappa shape index (κ1) is 95.5. The van der Waals surface area contributed by atoms with Gasteiger partial charge < -0.3 is 100 Å². The Bertz CT molecular complexity index is 3440. The van der Waals surface area contributed by atoms with Gasteiger partial charge in [0.1, 0.15) is 42.3 Å². The van der Waals surface area contributed by atoms with Crippen LogP contribution in [0.25, 0.3) is 10.9 Å². The lowest BCUT2D eigenvalue weighted by molar-refractivity contribution is -0.146. The van der Waals surface area contributed by atoms with Crippen LogP contribution >= 0.6 is 0 Å². The number of guanidine groups is 1. The third kappa shape index (κ3) is 37.9. The van der Waals surface area contributed by atoms with E-state index in [2.05, 4.69) is 70.4 Å². The van der Waals surface area contributed by atoms with Crippen molar-refractivity contribution in [1.29, 1.82) is 5.41 Å². The first-order chi connectivity index (χ1) is 55.1. The summed E-state index contributed by atoms with van der Waals surface area (Å²) in [4.78, 5) is 173. The number of hydrogen-bond acceptors (Lipinski definition) is 18. The summed E-state index contributed by atoms with van der Waals surface area (Å²) in [6.45, 7) is 6.01. The SMILES string of the molecule is CCCCCCCCCCCCCCCCCC(=O)NCCOCCOCCNC(=O)CCCC(=O)N[C@@H](CCN)C(=O)N[C@@H](CCCC)C(=O)NC1C(=O)CCCNCCCC[C@@H](C(N)=O)NC(=O)[C@H](Cc2c[nH]c3ccccc23)NC(=O)[C@H](CCCNC(=N)N)NC(=O)[C@@H](Cc2ccccc2)NC(=O)[C@@H]2C[C@@H](O)CN2C1=O. The fourth-order valence-electron chi connectivity index (χ4n) is 13.9. The molecule has 2 aliphatic rings. The maximum Gasteiger partial charge on any atom is 0.253 e. The van der Waals surface area contributed by atoms with Crippen LogP contribution < -0.4 is 75.7 Å². The molecule has 1 unspecified atom stereocenters. The molecule has 2 aliphatic heterocycles. The summed E-state index contributed by atoms with van der Waals surface area (Å²) in [6, 6.07) is 4.32. The van der Waals surface area contributed by atoms with E-state index in [0.29, 0.717) is 69.5 Å². The number of carbonyl (C=O) groups is 12. The van der Waals surface area contributed by atoms with Gasteiger partial charge in [-0.25, -0.2) is 0 Å². The molecule has 0 saturated carbocycles. The van der Waals surface area contributed by atoms with Gasteiger partial charge in [-0.3, -0.25) is 62.9 Å². The van der Waals surface area contributed by atoms with Gasteiger partial charge in [0.2, 0.25) is 59.1 Å². The quantitative estimate of drug-likeness (QED) is 0.0167. The molecular formula is C82H133N17O15. The molecule has 636 valence electrons. The van der Waals surface area contributed by atoms with Crippen LogP contribution in [-0.2, 0) is 79.8 Å². The Labute approximate surface area is 672 Å². The van der Waals surface area contributed by atoms with Crippen molar-refractivity contribution >= 4 is 87.6 Å². The first-order valence-electron chi connectivity index (χ1n) is 41.8. The molecule has 3 heterocycles. The second-order valence-electron chi connectivity index (χ2n) is 29.9. The van der Waals surface area contributed by atoms with Crippen LogP contribution in [-0.4, -0.2) is 218 Å². The molecule has 32 heteroatoms. The molecule has 20 N–H and O–H groups in total. The third-order valence-corrected chi connectivity index (χ3v) is 20.4. The number of hydrogen-bond donors (Lipinski definition) is 17. The molecule has 2 fully saturated rings. The minimum absolute atomic E-state index is 0.0127. The van der Waals surface area contributed by atoms with Gasteiger partial charge in [-0.2, -0.15) is 0 Å². The number of H-pyrrole nitrogens is 1. The zero-order chi connectivity index (χ0) is 82.7. The van der Waals surface area contributed by atoms with Crippen LogP contribution in [0.2, 0.25) is 0 Å². The Balaban J connectivity index is 1.19. The number of benzene rings is 2. The molecule has 5 rings (SSSR count). The molecule has 3 aromatic rings. The summed E-state index contributed by atoms with van der Waals surface area (Å²) in [5, 5.41) is 50.3. The van der Waals surface area contributed by atoms with Crippen LogP contribution in [0.15, 0.2) is 60.8 Å². The number of fused-ring (bicyclic) bond motifs is 2. The normalized spacial score (nSPS) is 19.6. The maximum absolute atomic E-state index is 15.2. The van der Waals surface area contributed by atoms with Gasteiger partial charge in [-0.15, -0.1) is 0 Å². The molecule has 0 bridgehead atoms. The third-order valence-electron chi connectivity index (χ3n) is 20.4. The summed E-state index contributed by atoms with van der Waals surface area (Å²) in [5.74, 6) is -9.02. The number of nitrogens with one attached hydrogen (secondary N) is 13. The van der Waals surface area contributed by atoms with E-state index in [-0.39, 0.29) is 141 Å². The molecular weight excluding hydrogens is 1460 g/mol. The molecule has 1 aromatic heterocycles. The lowest BCUT2D eigenvalue weighted by Gasteiger charge is -2.30. The smallest absolute Gasteiger partial charge is 0.253 e. The zero-order valence-electron chi connectivity index (χ0n) is 67.4. The van der Waals surface area contributed by atoms with Gasteiger partial charge in [0.25, 0.3) is 5.91 Å². The number of aliphatic hydroxyl groups is 1. The van der Waals surface area contributed by atoms with Crippen LogP contribution in [0.1, 0.15) is 224 Å². The summed E-state index contributed by atoms with van der Waals surface area (Å²) < 4.78 is 11.2. The fourth-order valence-corrected chi connectivity index (χ4v) is 13.9. The standard InChI is InChI=1S/C82H133N17O15/c1-3-5-7-8-9-10-11-12-13-14-15-16-17-18-22-38-70(102)88-46-48-113-50-51-114-49-47-89-71(103)39-27-40-72(104)92-65(41-42-83)76(107)94-63(33-6-4-2)77(108)98-73-69(101)37-29-44-87-43-26-25-35-62(74(84)105)93-79(110)67(53-58-55-91-61-34-24-23-32-60(58)61)96-75(106)64(36-28-45-90-82(85)86)95-78(109)66(52-57-30-20-19-21-31-57)97-80(111)68-54-59(100)56-99(68)81(73)112/h19-21,23-24,30-32,34,55,59,62-68,73,87,91,100H,3-18,22,25-29,33,35-54,56,83H2,1-2H3,(H2,84,105)(H,88,102)(H,89,103)(H,92,104)(H,93,110)(H,94,107)(H,95,109)(H,96,106)(H,97,111)(H,98,108)(H4,85,86,90)/t59-,62+,63+,64+,65+,66-,67+,68+,73?/m1/s1. The number of para-hydroxylation sites is 1. The highest BCUT2D eigenvalue weighted by Crippen LogP contribution is 2.24. The van der Waals surface area contributed by atoms with Crippen LogP contribution in [0, 0.1) is 5.41 Å². The van der Waals surface area contributed by atoms with Crippen LogP contribution in [0.5, 0.6) is 0 Å². The van der Waals surface area contributed by atoms with Gasteiger partial charge in [0, 0.05) is 88.2 Å². The largest absolute Gasteiger partial charge is 0.391 e. The average molecular weight is 1600 g/mol. The Morgan fingerprint density at radius 3 is 1.78 bits per heavy atom. The van der Waals surface area contributed by atoms with E-state index in [1.54, 1.807) is 36.5 Å². The molecule has 9 atom stereocenters. The lowest BCUT2D eigenvalue weighted by atomic mass is 10.0. The number of amides is 11. The van der Waals surface area contributed by atoms with Gasteiger partial charge in [0.15, 0.2) is 17.8 Å². The number of ketones is 1. The van der Waals surface area contributed by atoms with Gasteiger partial charge >= 0.3 is 0 Å². The number of unbranched alkanes of at least 4 members (excludes halogenated alkanes) is 15.